The lowest BCUT2D eigenvalue weighted by Gasteiger charge is -2.20. The first kappa shape index (κ1) is 24.4. The quantitative estimate of drug-likeness (QED) is 0.412. The van der Waals surface area contributed by atoms with Crippen LogP contribution in [0.5, 0.6) is 23.0 Å². The van der Waals surface area contributed by atoms with Crippen LogP contribution in [0.2, 0.25) is 5.02 Å². The molecular weight excluding hydrogens is 446 g/mol. The van der Waals surface area contributed by atoms with Gasteiger partial charge in [-0.3, -0.25) is 0 Å². The molecule has 3 aromatic rings. The summed E-state index contributed by atoms with van der Waals surface area (Å²) in [6, 6.07) is 21.1. The molecule has 0 saturated carbocycles. The molecule has 5 heteroatoms. The molecule has 1 aliphatic heterocycles. The maximum atomic E-state index is 6.32. The summed E-state index contributed by atoms with van der Waals surface area (Å²) in [4.78, 5) is 0. The maximum absolute atomic E-state index is 6.32. The lowest BCUT2D eigenvalue weighted by atomic mass is 9.98. The number of hydrogen-bond acceptors (Lipinski definition) is 4. The van der Waals surface area contributed by atoms with Gasteiger partial charge in [0.05, 0.1) is 14.2 Å². The highest BCUT2D eigenvalue weighted by atomic mass is 35.5. The summed E-state index contributed by atoms with van der Waals surface area (Å²) in [6.07, 6.45) is 7.60. The fourth-order valence-corrected chi connectivity index (χ4v) is 4.64. The summed E-state index contributed by atoms with van der Waals surface area (Å²) < 4.78 is 17.4. The van der Waals surface area contributed by atoms with Crippen molar-refractivity contribution in [1.29, 1.82) is 0 Å². The molecule has 34 heavy (non-hydrogen) atoms. The Morgan fingerprint density at radius 3 is 2.12 bits per heavy atom. The van der Waals surface area contributed by atoms with Gasteiger partial charge in [0.1, 0.15) is 0 Å². The van der Waals surface area contributed by atoms with Crippen LogP contribution in [0.3, 0.4) is 0 Å². The van der Waals surface area contributed by atoms with Crippen molar-refractivity contribution >= 4 is 11.6 Å². The Bertz CT molecular complexity index is 1070. The molecule has 3 aromatic carbocycles. The summed E-state index contributed by atoms with van der Waals surface area (Å²) in [5.41, 5.74) is 3.81. The molecule has 180 valence electrons. The third-order valence-electron chi connectivity index (χ3n) is 6.49. The van der Waals surface area contributed by atoms with E-state index in [1.807, 2.05) is 24.3 Å². The molecular formula is C29H34ClNO3. The molecule has 0 amide bonds. The first-order valence-corrected chi connectivity index (χ1v) is 12.5. The predicted octanol–water partition coefficient (Wildman–Crippen LogP) is 7.01. The lowest BCUT2D eigenvalue weighted by molar-refractivity contribution is 0.355. The van der Waals surface area contributed by atoms with Gasteiger partial charge in [-0.05, 0) is 98.2 Å². The Labute approximate surface area is 208 Å². The second-order valence-electron chi connectivity index (χ2n) is 8.88. The molecule has 1 heterocycles. The van der Waals surface area contributed by atoms with Crippen molar-refractivity contribution in [2.45, 2.75) is 51.0 Å². The normalized spacial score (nSPS) is 16.3. The number of methoxy groups -OCH3 is 2. The average molecular weight is 480 g/mol. The van der Waals surface area contributed by atoms with Gasteiger partial charge < -0.3 is 19.5 Å². The van der Waals surface area contributed by atoms with Gasteiger partial charge in [-0.15, -0.1) is 0 Å². The van der Waals surface area contributed by atoms with Gasteiger partial charge in [0.2, 0.25) is 0 Å². The Morgan fingerprint density at radius 2 is 1.47 bits per heavy atom. The van der Waals surface area contributed by atoms with Crippen LogP contribution >= 0.6 is 11.6 Å². The lowest BCUT2D eigenvalue weighted by Crippen LogP contribution is -2.31. The Kier molecular flexibility index (Phi) is 8.73. The zero-order valence-corrected chi connectivity index (χ0v) is 20.9. The summed E-state index contributed by atoms with van der Waals surface area (Å²) in [5, 5.41) is 4.60. The minimum absolute atomic E-state index is 0.480. The van der Waals surface area contributed by atoms with E-state index in [1.165, 1.54) is 29.5 Å². The van der Waals surface area contributed by atoms with E-state index in [-0.39, 0.29) is 0 Å². The number of fused-ring (bicyclic) bond motifs is 4. The average Bonchev–Trinajstić information content (AvgIpc) is 2.85. The van der Waals surface area contributed by atoms with Crippen LogP contribution in [-0.4, -0.2) is 26.8 Å². The predicted molar refractivity (Wildman–Crippen MR) is 139 cm³/mol. The second-order valence-corrected chi connectivity index (χ2v) is 9.32. The van der Waals surface area contributed by atoms with Gasteiger partial charge in [0.25, 0.3) is 0 Å². The fraction of sp³-hybridized carbons (Fsp3) is 0.379. The standard InChI is InChI=1S/C29H34ClNO3/c1-32-26-15-10-22-5-3-4-6-25(31-18-17-21-7-12-24(30)13-8-21)14-9-23-11-16-27(33-2)29(20-23)34-28(26)19-22/h7-8,10-13,15-16,19-20,25,31H,3-6,9,14,17-18H2,1-2H3. The largest absolute Gasteiger partial charge is 0.493 e. The van der Waals surface area contributed by atoms with Crippen LogP contribution in [0.1, 0.15) is 42.4 Å². The SMILES string of the molecule is COc1ccc2cc1Oc1cc(ccc1OC)CCC(NCCc1ccc(Cl)cc1)CCCC2. The number of halogens is 1. The highest BCUT2D eigenvalue weighted by Gasteiger charge is 2.15. The van der Waals surface area contributed by atoms with Gasteiger partial charge in [0.15, 0.2) is 23.0 Å². The molecule has 0 aromatic heterocycles. The highest BCUT2D eigenvalue weighted by Crippen LogP contribution is 2.38. The van der Waals surface area contributed by atoms with Gasteiger partial charge in [-0.2, -0.15) is 0 Å². The maximum Gasteiger partial charge on any atom is 0.169 e. The number of hydrogen-bond donors (Lipinski definition) is 1. The molecule has 4 rings (SSSR count). The summed E-state index contributed by atoms with van der Waals surface area (Å²) >= 11 is 6.02. The van der Waals surface area contributed by atoms with Crippen molar-refractivity contribution in [1.82, 2.24) is 5.32 Å². The van der Waals surface area contributed by atoms with E-state index >= 15 is 0 Å². The molecule has 4 bridgehead atoms. The molecule has 0 aliphatic carbocycles. The van der Waals surface area contributed by atoms with Crippen LogP contribution < -0.4 is 19.5 Å². The molecule has 0 spiro atoms. The number of nitrogens with one attached hydrogen (secondary N) is 1. The van der Waals surface area contributed by atoms with Gasteiger partial charge in [-0.1, -0.05) is 42.3 Å². The van der Waals surface area contributed by atoms with Crippen molar-refractivity contribution in [3.05, 3.63) is 82.4 Å². The first-order valence-electron chi connectivity index (χ1n) is 12.1. The fourth-order valence-electron chi connectivity index (χ4n) is 4.51. The van der Waals surface area contributed by atoms with E-state index in [2.05, 4.69) is 41.7 Å². The third-order valence-corrected chi connectivity index (χ3v) is 6.74. The highest BCUT2D eigenvalue weighted by molar-refractivity contribution is 6.30. The molecule has 1 N–H and O–H groups in total. The van der Waals surface area contributed by atoms with Crippen LogP contribution in [0, 0.1) is 0 Å². The van der Waals surface area contributed by atoms with E-state index in [9.17, 15) is 0 Å². The molecule has 1 unspecified atom stereocenters. The molecule has 4 nitrogen and oxygen atoms in total. The molecule has 0 fully saturated rings. The van der Waals surface area contributed by atoms with Crippen molar-refractivity contribution in [3.8, 4) is 23.0 Å². The summed E-state index contributed by atoms with van der Waals surface area (Å²) in [7, 11) is 3.35. The summed E-state index contributed by atoms with van der Waals surface area (Å²) in [6.45, 7) is 0.963. The number of benzene rings is 3. The smallest absolute Gasteiger partial charge is 0.169 e. The zero-order valence-electron chi connectivity index (χ0n) is 20.1. The molecule has 1 aliphatic rings. The van der Waals surface area contributed by atoms with E-state index in [1.54, 1.807) is 14.2 Å². The Morgan fingerprint density at radius 1 is 0.824 bits per heavy atom. The third kappa shape index (κ3) is 6.68. The van der Waals surface area contributed by atoms with Crippen molar-refractivity contribution in [2.24, 2.45) is 0 Å². The van der Waals surface area contributed by atoms with Crippen LogP contribution in [0.25, 0.3) is 0 Å². The number of ether oxygens (including phenoxy) is 3. The number of aryl methyl sites for hydroxylation is 2. The van der Waals surface area contributed by atoms with Crippen molar-refractivity contribution in [2.75, 3.05) is 20.8 Å². The zero-order chi connectivity index (χ0) is 23.8. The van der Waals surface area contributed by atoms with Crippen molar-refractivity contribution in [3.63, 3.8) is 0 Å². The minimum atomic E-state index is 0.480. The van der Waals surface area contributed by atoms with Gasteiger partial charge in [-0.25, -0.2) is 0 Å². The second kappa shape index (κ2) is 12.1. The van der Waals surface area contributed by atoms with Gasteiger partial charge >= 0.3 is 0 Å². The molecule has 1 atom stereocenters. The van der Waals surface area contributed by atoms with E-state index in [0.717, 1.165) is 66.7 Å². The molecule has 0 radical (unpaired) electrons. The first-order chi connectivity index (χ1) is 16.6. The molecule has 0 saturated heterocycles. The van der Waals surface area contributed by atoms with E-state index in [4.69, 9.17) is 25.8 Å². The Balaban J connectivity index is 1.49. The van der Waals surface area contributed by atoms with Crippen LogP contribution in [0.4, 0.5) is 0 Å². The summed E-state index contributed by atoms with van der Waals surface area (Å²) in [5.74, 6) is 2.91. The van der Waals surface area contributed by atoms with Gasteiger partial charge in [0, 0.05) is 11.1 Å². The van der Waals surface area contributed by atoms with Crippen LogP contribution in [-0.2, 0) is 19.3 Å². The van der Waals surface area contributed by atoms with E-state index < -0.39 is 0 Å². The topological polar surface area (TPSA) is 39.7 Å². The number of rotatable bonds is 6. The van der Waals surface area contributed by atoms with Crippen molar-refractivity contribution < 1.29 is 14.2 Å². The Hall–Kier alpha value is -2.69. The monoisotopic (exact) mass is 479 g/mol. The van der Waals surface area contributed by atoms with E-state index in [0.29, 0.717) is 6.04 Å². The minimum Gasteiger partial charge on any atom is -0.493 e. The van der Waals surface area contributed by atoms with Crippen LogP contribution in [0.15, 0.2) is 60.7 Å².